The zero-order chi connectivity index (χ0) is 11.3. The van der Waals surface area contributed by atoms with Crippen LogP contribution in [0, 0.1) is 17.8 Å². The third kappa shape index (κ3) is 4.40. The molecular formula is C11H21NO2. The van der Waals surface area contributed by atoms with E-state index in [0.29, 0.717) is 11.8 Å². The van der Waals surface area contributed by atoms with E-state index in [1.807, 2.05) is 27.7 Å². The summed E-state index contributed by atoms with van der Waals surface area (Å²) in [5.74, 6) is 0.591. The van der Waals surface area contributed by atoms with Crippen molar-refractivity contribution < 1.29 is 9.59 Å². The highest BCUT2D eigenvalue weighted by atomic mass is 16.2. The maximum absolute atomic E-state index is 11.7. The quantitative estimate of drug-likeness (QED) is 0.731. The maximum atomic E-state index is 11.7. The Labute approximate surface area is 86.3 Å². The molecule has 14 heavy (non-hydrogen) atoms. The molecule has 0 saturated heterocycles. The van der Waals surface area contributed by atoms with Crippen LogP contribution in [0.4, 0.5) is 0 Å². The lowest BCUT2D eigenvalue weighted by atomic mass is 9.85. The van der Waals surface area contributed by atoms with Crippen LogP contribution in [0.5, 0.6) is 0 Å². The molecule has 0 aromatic heterocycles. The molecule has 0 aromatic rings. The summed E-state index contributed by atoms with van der Waals surface area (Å²) in [5.41, 5.74) is 0. The van der Waals surface area contributed by atoms with Gasteiger partial charge in [0, 0.05) is 5.92 Å². The maximum Gasteiger partial charge on any atom is 0.223 e. The minimum atomic E-state index is -0.00962. The number of amides is 1. The number of nitrogens with one attached hydrogen (secondary N) is 1. The number of hydrogen-bond acceptors (Lipinski definition) is 2. The highest BCUT2D eigenvalue weighted by molar-refractivity contribution is 5.85. The lowest BCUT2D eigenvalue weighted by Crippen LogP contribution is -2.38. The van der Waals surface area contributed by atoms with Gasteiger partial charge in [0.1, 0.15) is 5.78 Å². The number of carbonyl (C=O) groups is 2. The smallest absolute Gasteiger partial charge is 0.223 e. The predicted molar refractivity (Wildman–Crippen MR) is 56.9 cm³/mol. The monoisotopic (exact) mass is 199 g/mol. The number of carbonyl (C=O) groups excluding carboxylic acids is 2. The molecule has 1 N–H and O–H groups in total. The Kier molecular flexibility index (Phi) is 5.43. The predicted octanol–water partition coefficient (Wildman–Crippen LogP) is 1.62. The molecule has 0 aliphatic rings. The molecule has 0 bridgehead atoms. The molecule has 0 aliphatic heterocycles. The minimum Gasteiger partial charge on any atom is -0.349 e. The molecule has 3 heteroatoms. The van der Waals surface area contributed by atoms with Crippen molar-refractivity contribution >= 4 is 11.7 Å². The van der Waals surface area contributed by atoms with Gasteiger partial charge in [-0.05, 0) is 18.8 Å². The van der Waals surface area contributed by atoms with Gasteiger partial charge in [0.15, 0.2) is 0 Å². The Morgan fingerprint density at radius 3 is 1.79 bits per heavy atom. The van der Waals surface area contributed by atoms with E-state index in [4.69, 9.17) is 0 Å². The lowest BCUT2D eigenvalue weighted by molar-refractivity contribution is -0.129. The summed E-state index contributed by atoms with van der Waals surface area (Å²) in [6.07, 6.45) is 0. The van der Waals surface area contributed by atoms with Crippen molar-refractivity contribution in [3.8, 4) is 0 Å². The SMILES string of the molecule is CC(=O)CNC(=O)C(C(C)C)C(C)C. The van der Waals surface area contributed by atoms with Gasteiger partial charge in [0.25, 0.3) is 0 Å². The zero-order valence-corrected chi connectivity index (χ0v) is 9.76. The van der Waals surface area contributed by atoms with Crippen LogP contribution in [0.2, 0.25) is 0 Å². The van der Waals surface area contributed by atoms with E-state index >= 15 is 0 Å². The van der Waals surface area contributed by atoms with E-state index in [2.05, 4.69) is 5.32 Å². The Balaban J connectivity index is 4.23. The van der Waals surface area contributed by atoms with Gasteiger partial charge >= 0.3 is 0 Å². The Bertz CT molecular complexity index is 201. The summed E-state index contributed by atoms with van der Waals surface area (Å²) in [7, 11) is 0. The molecule has 0 saturated carbocycles. The summed E-state index contributed by atoms with van der Waals surface area (Å²) in [4.78, 5) is 22.4. The van der Waals surface area contributed by atoms with E-state index < -0.39 is 0 Å². The summed E-state index contributed by atoms with van der Waals surface area (Å²) >= 11 is 0. The Hall–Kier alpha value is -0.860. The fraction of sp³-hybridized carbons (Fsp3) is 0.818. The van der Waals surface area contributed by atoms with Crippen LogP contribution in [0.25, 0.3) is 0 Å². The number of rotatable bonds is 5. The fourth-order valence-electron chi connectivity index (χ4n) is 1.70. The molecule has 82 valence electrons. The van der Waals surface area contributed by atoms with Crippen LogP contribution >= 0.6 is 0 Å². The van der Waals surface area contributed by atoms with Crippen molar-refractivity contribution in [2.24, 2.45) is 17.8 Å². The van der Waals surface area contributed by atoms with Crippen molar-refractivity contribution in [2.75, 3.05) is 6.54 Å². The zero-order valence-electron chi connectivity index (χ0n) is 9.76. The molecular weight excluding hydrogens is 178 g/mol. The Morgan fingerprint density at radius 2 is 1.50 bits per heavy atom. The lowest BCUT2D eigenvalue weighted by Gasteiger charge is -2.23. The highest BCUT2D eigenvalue weighted by Gasteiger charge is 2.25. The first kappa shape index (κ1) is 13.1. The summed E-state index contributed by atoms with van der Waals surface area (Å²) < 4.78 is 0. The topological polar surface area (TPSA) is 46.2 Å². The first-order valence-electron chi connectivity index (χ1n) is 5.13. The largest absolute Gasteiger partial charge is 0.349 e. The third-order valence-corrected chi connectivity index (χ3v) is 2.25. The van der Waals surface area contributed by atoms with Gasteiger partial charge in [0.2, 0.25) is 5.91 Å². The molecule has 0 spiro atoms. The highest BCUT2D eigenvalue weighted by Crippen LogP contribution is 2.20. The number of hydrogen-bond donors (Lipinski definition) is 1. The van der Waals surface area contributed by atoms with E-state index in [0.717, 1.165) is 0 Å². The van der Waals surface area contributed by atoms with Crippen molar-refractivity contribution in [2.45, 2.75) is 34.6 Å². The van der Waals surface area contributed by atoms with Gasteiger partial charge < -0.3 is 5.32 Å². The molecule has 0 radical (unpaired) electrons. The average Bonchev–Trinajstić information content (AvgIpc) is 1.99. The van der Waals surface area contributed by atoms with E-state index in [9.17, 15) is 9.59 Å². The Morgan fingerprint density at radius 1 is 1.07 bits per heavy atom. The fourth-order valence-corrected chi connectivity index (χ4v) is 1.70. The van der Waals surface area contributed by atoms with Gasteiger partial charge in [-0.25, -0.2) is 0 Å². The number of ketones is 1. The summed E-state index contributed by atoms with van der Waals surface area (Å²) in [6, 6.07) is 0. The molecule has 0 heterocycles. The van der Waals surface area contributed by atoms with Crippen LogP contribution in [0.15, 0.2) is 0 Å². The molecule has 0 aliphatic carbocycles. The summed E-state index contributed by atoms with van der Waals surface area (Å²) in [5, 5.41) is 2.66. The van der Waals surface area contributed by atoms with Crippen molar-refractivity contribution in [3.63, 3.8) is 0 Å². The van der Waals surface area contributed by atoms with Crippen LogP contribution in [-0.2, 0) is 9.59 Å². The van der Waals surface area contributed by atoms with Gasteiger partial charge in [-0.3, -0.25) is 9.59 Å². The van der Waals surface area contributed by atoms with E-state index in [-0.39, 0.29) is 24.2 Å². The van der Waals surface area contributed by atoms with Gasteiger partial charge in [-0.15, -0.1) is 0 Å². The van der Waals surface area contributed by atoms with E-state index in [1.54, 1.807) is 0 Å². The van der Waals surface area contributed by atoms with Gasteiger partial charge in [0.05, 0.1) is 6.54 Å². The first-order chi connectivity index (χ1) is 6.36. The molecule has 0 rings (SSSR count). The van der Waals surface area contributed by atoms with Crippen LogP contribution < -0.4 is 5.32 Å². The van der Waals surface area contributed by atoms with Crippen molar-refractivity contribution in [3.05, 3.63) is 0 Å². The standard InChI is InChI=1S/C11H21NO2/c1-7(2)10(8(3)4)11(14)12-6-9(5)13/h7-8,10H,6H2,1-5H3,(H,12,14). The number of Topliss-reactive ketones (excluding diaryl/α,β-unsaturated/α-hetero) is 1. The summed E-state index contributed by atoms with van der Waals surface area (Å²) in [6.45, 7) is 9.72. The van der Waals surface area contributed by atoms with Crippen LogP contribution in [0.3, 0.4) is 0 Å². The average molecular weight is 199 g/mol. The molecule has 0 fully saturated rings. The first-order valence-corrected chi connectivity index (χ1v) is 5.13. The van der Waals surface area contributed by atoms with E-state index in [1.165, 1.54) is 6.92 Å². The second kappa shape index (κ2) is 5.78. The minimum absolute atomic E-state index is 0.00523. The second-order valence-electron chi connectivity index (χ2n) is 4.43. The van der Waals surface area contributed by atoms with Crippen LogP contribution in [0.1, 0.15) is 34.6 Å². The molecule has 0 atom stereocenters. The van der Waals surface area contributed by atoms with Crippen molar-refractivity contribution in [1.29, 1.82) is 0 Å². The van der Waals surface area contributed by atoms with Crippen LogP contribution in [-0.4, -0.2) is 18.2 Å². The normalized spacial score (nSPS) is 11.1. The van der Waals surface area contributed by atoms with Crippen molar-refractivity contribution in [1.82, 2.24) is 5.32 Å². The molecule has 0 unspecified atom stereocenters. The molecule has 3 nitrogen and oxygen atoms in total. The second-order valence-corrected chi connectivity index (χ2v) is 4.43. The molecule has 1 amide bonds. The van der Waals surface area contributed by atoms with Gasteiger partial charge in [-0.1, -0.05) is 27.7 Å². The van der Waals surface area contributed by atoms with Gasteiger partial charge in [-0.2, -0.15) is 0 Å². The third-order valence-electron chi connectivity index (χ3n) is 2.25. The molecule has 0 aromatic carbocycles.